The molecule has 0 unspecified atom stereocenters. The van der Waals surface area contributed by atoms with Crippen LogP contribution in [0.3, 0.4) is 0 Å². The van der Waals surface area contributed by atoms with Gasteiger partial charge in [0.15, 0.2) is 0 Å². The van der Waals surface area contributed by atoms with Gasteiger partial charge in [0, 0.05) is 0 Å². The molecule has 6 heteroatoms. The SMILES string of the molecule is CC(C)(C)OS(N)(=O)=O.[NaH]. The molecule has 0 aliphatic carbocycles. The van der Waals surface area contributed by atoms with Gasteiger partial charge in [0.1, 0.15) is 0 Å². The van der Waals surface area contributed by atoms with Crippen LogP contribution in [-0.4, -0.2) is 43.6 Å². The Morgan fingerprint density at radius 3 is 1.60 bits per heavy atom. The summed E-state index contributed by atoms with van der Waals surface area (Å²) in [7, 11) is -3.78. The van der Waals surface area contributed by atoms with Crippen molar-refractivity contribution in [2.45, 2.75) is 26.4 Å². The van der Waals surface area contributed by atoms with Crippen LogP contribution in [0.15, 0.2) is 0 Å². The van der Waals surface area contributed by atoms with Crippen molar-refractivity contribution in [1.82, 2.24) is 0 Å². The minimum absolute atomic E-state index is 0. The van der Waals surface area contributed by atoms with Crippen molar-refractivity contribution in [3.8, 4) is 0 Å². The predicted octanol–water partition coefficient (Wildman–Crippen LogP) is -0.643. The van der Waals surface area contributed by atoms with Gasteiger partial charge in [-0.25, -0.2) is 5.14 Å². The first kappa shape index (κ1) is 13.5. The van der Waals surface area contributed by atoms with Crippen LogP contribution in [-0.2, 0) is 14.5 Å². The average molecular weight is 177 g/mol. The Labute approximate surface area is 83.7 Å². The van der Waals surface area contributed by atoms with Crippen molar-refractivity contribution in [2.24, 2.45) is 5.14 Å². The zero-order valence-electron chi connectivity index (χ0n) is 5.71. The molecule has 0 heterocycles. The van der Waals surface area contributed by atoms with E-state index in [1.807, 2.05) is 0 Å². The van der Waals surface area contributed by atoms with Crippen molar-refractivity contribution in [3.05, 3.63) is 0 Å². The molecule has 0 bridgehead atoms. The second kappa shape index (κ2) is 4.04. The summed E-state index contributed by atoms with van der Waals surface area (Å²) in [4.78, 5) is 0. The molecule has 0 saturated carbocycles. The molecule has 0 spiro atoms. The molecule has 4 nitrogen and oxygen atoms in total. The first-order valence-corrected chi connectivity index (χ1v) is 3.91. The van der Waals surface area contributed by atoms with Crippen molar-refractivity contribution >= 4 is 39.9 Å². The van der Waals surface area contributed by atoms with Gasteiger partial charge in [-0.15, -0.1) is 0 Å². The fourth-order valence-corrected chi connectivity index (χ4v) is 1.05. The fraction of sp³-hybridized carbons (Fsp3) is 1.00. The van der Waals surface area contributed by atoms with Gasteiger partial charge in [0.25, 0.3) is 0 Å². The molecular weight excluding hydrogens is 165 g/mol. The van der Waals surface area contributed by atoms with E-state index in [4.69, 9.17) is 0 Å². The molecule has 0 amide bonds. The van der Waals surface area contributed by atoms with E-state index < -0.39 is 15.9 Å². The van der Waals surface area contributed by atoms with Gasteiger partial charge < -0.3 is 0 Å². The molecular formula is C4H12NNaO3S. The normalized spacial score (nSPS) is 12.4. The van der Waals surface area contributed by atoms with Gasteiger partial charge >= 0.3 is 39.9 Å². The van der Waals surface area contributed by atoms with Crippen LogP contribution in [0.5, 0.6) is 0 Å². The third-order valence-electron chi connectivity index (χ3n) is 0.366. The maximum absolute atomic E-state index is 10.2. The fourth-order valence-electron chi connectivity index (χ4n) is 0.348. The van der Waals surface area contributed by atoms with E-state index in [1.54, 1.807) is 20.8 Å². The van der Waals surface area contributed by atoms with Crippen molar-refractivity contribution in [3.63, 3.8) is 0 Å². The van der Waals surface area contributed by atoms with Crippen LogP contribution in [0.4, 0.5) is 0 Å². The Hall–Kier alpha value is 0.870. The standard InChI is InChI=1S/C4H11NO3S.Na.H/c1-4(2,3)8-9(5,6)7;;/h1-3H3,(H2,5,6,7);;. The molecule has 2 N–H and O–H groups in total. The zero-order valence-corrected chi connectivity index (χ0v) is 6.53. The number of hydrogen-bond acceptors (Lipinski definition) is 3. The monoisotopic (exact) mass is 177 g/mol. The van der Waals surface area contributed by atoms with Gasteiger partial charge in [-0.3, -0.25) is 4.18 Å². The molecule has 0 aromatic carbocycles. The maximum atomic E-state index is 10.2. The molecule has 0 aliphatic rings. The van der Waals surface area contributed by atoms with Crippen LogP contribution >= 0.6 is 0 Å². The van der Waals surface area contributed by atoms with Crippen molar-refractivity contribution in [2.75, 3.05) is 0 Å². The number of nitrogens with two attached hydrogens (primary N) is 1. The van der Waals surface area contributed by atoms with Gasteiger partial charge in [-0.1, -0.05) is 0 Å². The Balaban J connectivity index is 0. The molecule has 10 heavy (non-hydrogen) atoms. The summed E-state index contributed by atoms with van der Waals surface area (Å²) in [5, 5.41) is 4.57. The van der Waals surface area contributed by atoms with E-state index in [0.717, 1.165) is 0 Å². The van der Waals surface area contributed by atoms with E-state index >= 15 is 0 Å². The van der Waals surface area contributed by atoms with E-state index in [0.29, 0.717) is 0 Å². The molecule has 0 radical (unpaired) electrons. The average Bonchev–Trinajstić information content (AvgIpc) is 1.14. The molecule has 0 aliphatic heterocycles. The van der Waals surface area contributed by atoms with Gasteiger partial charge in [-0.05, 0) is 20.8 Å². The Bertz CT molecular complexity index is 181. The molecule has 0 atom stereocenters. The quantitative estimate of drug-likeness (QED) is 0.541. The van der Waals surface area contributed by atoms with Crippen LogP contribution < -0.4 is 5.14 Å². The Morgan fingerprint density at radius 1 is 1.30 bits per heavy atom. The topological polar surface area (TPSA) is 69.4 Å². The summed E-state index contributed by atoms with van der Waals surface area (Å²) in [5.41, 5.74) is -0.729. The summed E-state index contributed by atoms with van der Waals surface area (Å²) >= 11 is 0. The van der Waals surface area contributed by atoms with E-state index in [-0.39, 0.29) is 29.6 Å². The molecule has 0 fully saturated rings. The van der Waals surface area contributed by atoms with Crippen LogP contribution in [0.1, 0.15) is 20.8 Å². The van der Waals surface area contributed by atoms with Crippen molar-refractivity contribution < 1.29 is 12.6 Å². The van der Waals surface area contributed by atoms with E-state index in [1.165, 1.54) is 0 Å². The minimum atomic E-state index is -3.78. The number of hydrogen-bond donors (Lipinski definition) is 1. The molecule has 0 aromatic heterocycles. The van der Waals surface area contributed by atoms with Gasteiger partial charge in [-0.2, -0.15) is 8.42 Å². The predicted molar refractivity (Wildman–Crippen MR) is 41.1 cm³/mol. The first-order valence-electron chi connectivity index (χ1n) is 2.44. The summed E-state index contributed by atoms with van der Waals surface area (Å²) in [5.74, 6) is 0. The Kier molecular flexibility index (Phi) is 5.43. The first-order chi connectivity index (χ1) is 3.71. The second-order valence-electron chi connectivity index (χ2n) is 2.69. The molecule has 0 rings (SSSR count). The molecule has 0 aromatic rings. The summed E-state index contributed by atoms with van der Waals surface area (Å²) in [6.07, 6.45) is 0. The number of rotatable bonds is 1. The van der Waals surface area contributed by atoms with Crippen LogP contribution in [0, 0.1) is 0 Å². The van der Waals surface area contributed by atoms with Gasteiger partial charge in [0.05, 0.1) is 5.60 Å². The van der Waals surface area contributed by atoms with Crippen LogP contribution in [0.2, 0.25) is 0 Å². The van der Waals surface area contributed by atoms with Crippen LogP contribution in [0.25, 0.3) is 0 Å². The van der Waals surface area contributed by atoms with Gasteiger partial charge in [0.2, 0.25) is 0 Å². The van der Waals surface area contributed by atoms with Crippen molar-refractivity contribution in [1.29, 1.82) is 0 Å². The molecule has 58 valence electrons. The summed E-state index contributed by atoms with van der Waals surface area (Å²) in [6, 6.07) is 0. The zero-order chi connectivity index (χ0) is 7.71. The van der Waals surface area contributed by atoms with E-state index in [9.17, 15) is 8.42 Å². The molecule has 0 saturated heterocycles. The summed E-state index contributed by atoms with van der Waals surface area (Å²) < 4.78 is 24.8. The second-order valence-corrected chi connectivity index (χ2v) is 3.84. The Morgan fingerprint density at radius 2 is 1.60 bits per heavy atom. The third-order valence-corrected chi connectivity index (χ3v) is 1.10. The third kappa shape index (κ3) is 11.6. The van der Waals surface area contributed by atoms with E-state index in [2.05, 4.69) is 9.32 Å². The summed E-state index contributed by atoms with van der Waals surface area (Å²) in [6.45, 7) is 4.83.